The number of anilines is 2. The van der Waals surface area contributed by atoms with Crippen LogP contribution in [0.2, 0.25) is 5.02 Å². The average molecular weight is 439 g/mol. The molecule has 1 amide bonds. The first kappa shape index (κ1) is 22.7. The Bertz CT molecular complexity index is 990. The predicted molar refractivity (Wildman–Crippen MR) is 114 cm³/mol. The highest BCUT2D eigenvalue weighted by Crippen LogP contribution is 2.24. The Kier molecular flexibility index (Phi) is 7.64. The zero-order valence-corrected chi connectivity index (χ0v) is 18.0. The summed E-state index contributed by atoms with van der Waals surface area (Å²) in [6, 6.07) is 11.5. The van der Waals surface area contributed by atoms with Crippen molar-refractivity contribution in [1.82, 2.24) is 0 Å². The van der Waals surface area contributed by atoms with Crippen molar-refractivity contribution in [3.63, 3.8) is 0 Å². The summed E-state index contributed by atoms with van der Waals surface area (Å²) in [5.41, 5.74) is 2.12. The molecular weight excluding hydrogens is 416 g/mol. The van der Waals surface area contributed by atoms with E-state index in [0.717, 1.165) is 11.8 Å². The van der Waals surface area contributed by atoms with Gasteiger partial charge in [0, 0.05) is 13.0 Å². The van der Waals surface area contributed by atoms with Crippen molar-refractivity contribution >= 4 is 44.9 Å². The number of amides is 1. The van der Waals surface area contributed by atoms with Gasteiger partial charge in [0.1, 0.15) is 0 Å². The van der Waals surface area contributed by atoms with Gasteiger partial charge in [0.05, 0.1) is 35.3 Å². The summed E-state index contributed by atoms with van der Waals surface area (Å²) in [6.07, 6.45) is 1.52. The summed E-state index contributed by atoms with van der Waals surface area (Å²) in [7, 11) is -2.22. The van der Waals surface area contributed by atoms with Crippen LogP contribution in [0.1, 0.15) is 28.8 Å². The molecule has 0 aromatic heterocycles. The van der Waals surface area contributed by atoms with E-state index < -0.39 is 16.0 Å². The van der Waals surface area contributed by atoms with E-state index >= 15 is 0 Å². The smallest absolute Gasteiger partial charge is 0.337 e. The normalized spacial score (nSPS) is 11.0. The van der Waals surface area contributed by atoms with E-state index in [4.69, 9.17) is 11.6 Å². The highest BCUT2D eigenvalue weighted by molar-refractivity contribution is 7.92. The Balaban J connectivity index is 2.01. The first-order valence-corrected chi connectivity index (χ1v) is 11.1. The minimum atomic E-state index is -3.48. The molecule has 9 heteroatoms. The standard InChI is InChI=1S/C20H23ClN2O5S/c1-14-6-9-16(10-7-14)23(29(3,26)27)12-4-5-19(24)22-18-13-15(20(25)28-2)8-11-17(18)21/h6-11,13H,4-5,12H2,1-3H3,(H,22,24). The third-order valence-corrected chi connectivity index (χ3v) is 5.67. The van der Waals surface area contributed by atoms with Crippen molar-refractivity contribution in [1.29, 1.82) is 0 Å². The van der Waals surface area contributed by atoms with Gasteiger partial charge < -0.3 is 10.1 Å². The molecule has 0 atom stereocenters. The molecule has 0 heterocycles. The van der Waals surface area contributed by atoms with E-state index in [1.54, 1.807) is 12.1 Å². The molecule has 0 saturated carbocycles. The number of hydrogen-bond acceptors (Lipinski definition) is 5. The molecule has 0 bridgehead atoms. The number of nitrogens with zero attached hydrogens (tertiary/aromatic N) is 1. The predicted octanol–water partition coefficient (Wildman–Crippen LogP) is 3.62. The molecule has 0 saturated heterocycles. The number of rotatable bonds is 8. The van der Waals surface area contributed by atoms with Crippen molar-refractivity contribution in [2.45, 2.75) is 19.8 Å². The molecule has 0 aliphatic carbocycles. The zero-order valence-electron chi connectivity index (χ0n) is 16.4. The molecule has 2 aromatic rings. The van der Waals surface area contributed by atoms with Crippen molar-refractivity contribution < 1.29 is 22.7 Å². The van der Waals surface area contributed by atoms with E-state index in [2.05, 4.69) is 10.1 Å². The summed E-state index contributed by atoms with van der Waals surface area (Å²) in [5.74, 6) is -0.884. The molecule has 2 aromatic carbocycles. The number of carbonyl (C=O) groups is 2. The van der Waals surface area contributed by atoms with Crippen LogP contribution >= 0.6 is 11.6 Å². The molecule has 0 aliphatic heterocycles. The van der Waals surface area contributed by atoms with Gasteiger partial charge in [0.15, 0.2) is 0 Å². The fourth-order valence-corrected chi connectivity index (χ4v) is 3.79. The van der Waals surface area contributed by atoms with Crippen LogP contribution in [-0.4, -0.2) is 40.2 Å². The summed E-state index contributed by atoms with van der Waals surface area (Å²) in [5, 5.41) is 2.92. The van der Waals surface area contributed by atoms with E-state index in [9.17, 15) is 18.0 Å². The van der Waals surface area contributed by atoms with Gasteiger partial charge in [-0.05, 0) is 43.7 Å². The second-order valence-electron chi connectivity index (χ2n) is 6.51. The first-order chi connectivity index (χ1) is 13.6. The number of esters is 1. The van der Waals surface area contributed by atoms with Gasteiger partial charge >= 0.3 is 5.97 Å². The molecule has 0 spiro atoms. The minimum absolute atomic E-state index is 0.0800. The molecule has 156 valence electrons. The lowest BCUT2D eigenvalue weighted by molar-refractivity contribution is -0.116. The van der Waals surface area contributed by atoms with Gasteiger partial charge in [-0.2, -0.15) is 0 Å². The third kappa shape index (κ3) is 6.47. The number of ether oxygens (including phenoxy) is 1. The van der Waals surface area contributed by atoms with Crippen LogP contribution in [0.5, 0.6) is 0 Å². The van der Waals surface area contributed by atoms with E-state index in [1.807, 2.05) is 19.1 Å². The van der Waals surface area contributed by atoms with E-state index in [-0.39, 0.29) is 35.1 Å². The second kappa shape index (κ2) is 9.76. The largest absolute Gasteiger partial charge is 0.465 e. The minimum Gasteiger partial charge on any atom is -0.465 e. The van der Waals surface area contributed by atoms with Crippen LogP contribution in [0, 0.1) is 6.92 Å². The quantitative estimate of drug-likeness (QED) is 0.635. The van der Waals surface area contributed by atoms with Crippen LogP contribution in [0.4, 0.5) is 11.4 Å². The second-order valence-corrected chi connectivity index (χ2v) is 8.82. The molecule has 0 fully saturated rings. The Morgan fingerprint density at radius 1 is 1.14 bits per heavy atom. The highest BCUT2D eigenvalue weighted by Gasteiger charge is 2.18. The number of sulfonamides is 1. The lowest BCUT2D eigenvalue weighted by Gasteiger charge is -2.22. The summed E-state index contributed by atoms with van der Waals surface area (Å²) in [6.45, 7) is 2.07. The van der Waals surface area contributed by atoms with Gasteiger partial charge in [0.2, 0.25) is 15.9 Å². The van der Waals surface area contributed by atoms with Crippen LogP contribution in [0.25, 0.3) is 0 Å². The topological polar surface area (TPSA) is 92.8 Å². The monoisotopic (exact) mass is 438 g/mol. The Labute approximate surface area is 175 Å². The van der Waals surface area contributed by atoms with Crippen molar-refractivity contribution in [2.75, 3.05) is 29.5 Å². The number of hydrogen-bond donors (Lipinski definition) is 1. The maximum atomic E-state index is 12.3. The van der Waals surface area contributed by atoms with Crippen molar-refractivity contribution in [2.24, 2.45) is 0 Å². The Hall–Kier alpha value is -2.58. The van der Waals surface area contributed by atoms with Crippen molar-refractivity contribution in [3.8, 4) is 0 Å². The molecule has 2 rings (SSSR count). The van der Waals surface area contributed by atoms with E-state index in [0.29, 0.717) is 12.1 Å². The SMILES string of the molecule is COC(=O)c1ccc(Cl)c(NC(=O)CCCN(c2ccc(C)cc2)S(C)(=O)=O)c1. The molecule has 0 aliphatic rings. The van der Waals surface area contributed by atoms with Crippen LogP contribution in [0.3, 0.4) is 0 Å². The Morgan fingerprint density at radius 3 is 2.38 bits per heavy atom. The number of aryl methyl sites for hydroxylation is 1. The van der Waals surface area contributed by atoms with Crippen molar-refractivity contribution in [3.05, 3.63) is 58.6 Å². The zero-order chi connectivity index (χ0) is 21.6. The number of halogens is 1. The number of benzene rings is 2. The Morgan fingerprint density at radius 2 is 1.79 bits per heavy atom. The van der Waals surface area contributed by atoms with Crippen LogP contribution in [0.15, 0.2) is 42.5 Å². The summed E-state index contributed by atoms with van der Waals surface area (Å²) in [4.78, 5) is 23.9. The first-order valence-electron chi connectivity index (χ1n) is 8.84. The maximum absolute atomic E-state index is 12.3. The molecule has 1 N–H and O–H groups in total. The van der Waals surface area contributed by atoms with Gasteiger partial charge in [-0.25, -0.2) is 13.2 Å². The van der Waals surface area contributed by atoms with E-state index in [1.165, 1.54) is 29.6 Å². The fraction of sp³-hybridized carbons (Fsp3) is 0.300. The van der Waals surface area contributed by atoms with Gasteiger partial charge in [-0.3, -0.25) is 9.10 Å². The summed E-state index contributed by atoms with van der Waals surface area (Å²) < 4.78 is 30.2. The highest BCUT2D eigenvalue weighted by atomic mass is 35.5. The van der Waals surface area contributed by atoms with Gasteiger partial charge in [0.25, 0.3) is 0 Å². The van der Waals surface area contributed by atoms with Gasteiger partial charge in [-0.1, -0.05) is 29.3 Å². The molecular formula is C20H23ClN2O5S. The number of nitrogens with one attached hydrogen (secondary N) is 1. The number of methoxy groups -OCH3 is 1. The maximum Gasteiger partial charge on any atom is 0.337 e. The number of carbonyl (C=O) groups excluding carboxylic acids is 2. The van der Waals surface area contributed by atoms with Crippen LogP contribution in [-0.2, 0) is 19.6 Å². The molecule has 0 radical (unpaired) electrons. The van der Waals surface area contributed by atoms with Crippen LogP contribution < -0.4 is 9.62 Å². The lowest BCUT2D eigenvalue weighted by Crippen LogP contribution is -2.31. The molecule has 29 heavy (non-hydrogen) atoms. The molecule has 0 unspecified atom stereocenters. The third-order valence-electron chi connectivity index (χ3n) is 4.15. The van der Waals surface area contributed by atoms with Gasteiger partial charge in [-0.15, -0.1) is 0 Å². The lowest BCUT2D eigenvalue weighted by atomic mass is 10.2. The fourth-order valence-electron chi connectivity index (χ4n) is 2.66. The molecule has 7 nitrogen and oxygen atoms in total. The average Bonchev–Trinajstić information content (AvgIpc) is 2.66. The summed E-state index contributed by atoms with van der Waals surface area (Å²) >= 11 is 6.07.